The molecule has 4 N–H and O–H groups in total. The maximum atomic E-state index is 12.6. The first-order valence-corrected chi connectivity index (χ1v) is 10.7. The van der Waals surface area contributed by atoms with E-state index in [9.17, 15) is 13.2 Å². The first-order valence-electron chi connectivity index (χ1n) is 10.7. The summed E-state index contributed by atoms with van der Waals surface area (Å²) in [4.78, 5) is 18.7. The molecule has 0 aromatic heterocycles. The Kier molecular flexibility index (Phi) is 12.7. The van der Waals surface area contributed by atoms with Gasteiger partial charge in [0.2, 0.25) is 0 Å². The zero-order chi connectivity index (χ0) is 23.3. The van der Waals surface area contributed by atoms with Crippen LogP contribution in [0.1, 0.15) is 49.7 Å². The molecule has 10 heteroatoms. The van der Waals surface area contributed by atoms with Crippen LogP contribution in [0.3, 0.4) is 0 Å². The lowest BCUT2D eigenvalue weighted by atomic mass is 9.82. The molecule has 1 saturated heterocycles. The number of likely N-dealkylation sites (tertiary alicyclic amines) is 1. The van der Waals surface area contributed by atoms with E-state index in [1.165, 1.54) is 0 Å². The van der Waals surface area contributed by atoms with Gasteiger partial charge in [-0.2, -0.15) is 22.8 Å². The number of rotatable bonds is 10. The summed E-state index contributed by atoms with van der Waals surface area (Å²) in [6.45, 7) is 2.98. The molecule has 1 aromatic carbocycles. The molecular formula is C21H32BF3N2O4. The van der Waals surface area contributed by atoms with Crippen molar-refractivity contribution in [2.45, 2.75) is 63.5 Å². The van der Waals surface area contributed by atoms with Crippen molar-refractivity contribution in [3.05, 3.63) is 35.4 Å². The second-order valence-electron chi connectivity index (χ2n) is 7.99. The fourth-order valence-electron chi connectivity index (χ4n) is 3.91. The van der Waals surface area contributed by atoms with Gasteiger partial charge in [-0.25, -0.2) is 0 Å². The van der Waals surface area contributed by atoms with Crippen molar-refractivity contribution in [1.29, 1.82) is 0 Å². The molecule has 1 atom stereocenters. The minimum absolute atomic E-state index is 0.171. The molecule has 1 fully saturated rings. The number of benzene rings is 1. The van der Waals surface area contributed by atoms with Crippen LogP contribution in [0.2, 0.25) is 6.32 Å². The van der Waals surface area contributed by atoms with Crippen LogP contribution in [0, 0.1) is 5.92 Å². The lowest BCUT2D eigenvalue weighted by Crippen LogP contribution is -2.41. The Balaban J connectivity index is 0.00000151. The number of piperidine rings is 1. The molecular weight excluding hydrogens is 412 g/mol. The van der Waals surface area contributed by atoms with E-state index in [1.54, 1.807) is 12.1 Å². The van der Waals surface area contributed by atoms with E-state index in [0.29, 0.717) is 12.2 Å². The Hall–Kier alpha value is -1.71. The van der Waals surface area contributed by atoms with E-state index >= 15 is 0 Å². The smallest absolute Gasteiger partial charge is 0.427 e. The maximum absolute atomic E-state index is 12.6. The summed E-state index contributed by atoms with van der Waals surface area (Å²) in [7, 11) is -1.22. The number of alkyl halides is 3. The lowest BCUT2D eigenvalue weighted by molar-refractivity contribution is -0.191. The lowest BCUT2D eigenvalue weighted by Gasteiger charge is -2.34. The number of hydrogen-bond donors (Lipinski definition) is 3. The van der Waals surface area contributed by atoms with Crippen LogP contribution in [0.5, 0.6) is 0 Å². The molecule has 0 radical (unpaired) electrons. The highest BCUT2D eigenvalue weighted by Crippen LogP contribution is 2.29. The summed E-state index contributed by atoms with van der Waals surface area (Å²) in [5.74, 6) is 0.519. The van der Waals surface area contributed by atoms with Gasteiger partial charge in [-0.05, 0) is 81.7 Å². The van der Waals surface area contributed by atoms with Crippen molar-refractivity contribution in [2.75, 3.05) is 19.6 Å². The number of nitrogens with zero attached hydrogens (tertiary/aromatic N) is 1. The van der Waals surface area contributed by atoms with Gasteiger partial charge < -0.3 is 20.7 Å². The molecule has 1 heterocycles. The predicted octanol–water partition coefficient (Wildman–Crippen LogP) is 2.74. The summed E-state index contributed by atoms with van der Waals surface area (Å²) in [6.07, 6.45) is 2.88. The van der Waals surface area contributed by atoms with Gasteiger partial charge in [-0.3, -0.25) is 0 Å². The molecule has 0 saturated carbocycles. The van der Waals surface area contributed by atoms with Gasteiger partial charge in [0, 0.05) is 6.04 Å². The van der Waals surface area contributed by atoms with Crippen molar-refractivity contribution < 1.29 is 32.8 Å². The van der Waals surface area contributed by atoms with Gasteiger partial charge in [-0.1, -0.05) is 25.0 Å². The first kappa shape index (κ1) is 27.3. The average molecular weight is 444 g/mol. The van der Waals surface area contributed by atoms with E-state index in [0.717, 1.165) is 82.3 Å². The average Bonchev–Trinajstić information content (AvgIpc) is 2.72. The molecule has 174 valence electrons. The van der Waals surface area contributed by atoms with E-state index in [-0.39, 0.29) is 12.2 Å². The number of halogens is 3. The van der Waals surface area contributed by atoms with Gasteiger partial charge in [-0.15, -0.1) is 0 Å². The Morgan fingerprint density at radius 3 is 2.19 bits per heavy atom. The number of unbranched alkanes of at least 4 members (excludes halogenated alkanes) is 1. The van der Waals surface area contributed by atoms with Gasteiger partial charge in [0.1, 0.15) is 0 Å². The molecule has 31 heavy (non-hydrogen) atoms. The van der Waals surface area contributed by atoms with Crippen molar-refractivity contribution >= 4 is 13.3 Å². The van der Waals surface area contributed by atoms with Crippen LogP contribution in [0.25, 0.3) is 0 Å². The quantitative estimate of drug-likeness (QED) is 0.379. The molecule has 0 bridgehead atoms. The third-order valence-corrected chi connectivity index (χ3v) is 5.71. The summed E-state index contributed by atoms with van der Waals surface area (Å²) in [6, 6.07) is 5.63. The fourth-order valence-corrected chi connectivity index (χ4v) is 3.91. The molecule has 2 rings (SSSR count). The molecule has 0 spiro atoms. The molecule has 1 aliphatic rings. The topological polar surface area (TPSA) is 104 Å². The molecule has 1 unspecified atom stereocenters. The molecule has 1 aliphatic heterocycles. The summed E-state index contributed by atoms with van der Waals surface area (Å²) >= 11 is 0. The van der Waals surface area contributed by atoms with Crippen molar-refractivity contribution in [2.24, 2.45) is 11.7 Å². The van der Waals surface area contributed by atoms with Crippen LogP contribution in [-0.2, 0) is 22.2 Å². The second-order valence-corrected chi connectivity index (χ2v) is 7.99. The zero-order valence-corrected chi connectivity index (χ0v) is 17.7. The van der Waals surface area contributed by atoms with E-state index in [4.69, 9.17) is 25.4 Å². The van der Waals surface area contributed by atoms with Crippen LogP contribution in [0.4, 0.5) is 13.2 Å². The zero-order valence-electron chi connectivity index (χ0n) is 17.7. The largest absolute Gasteiger partial charge is 0.451 e. The highest BCUT2D eigenvalue weighted by atomic mass is 19.4. The van der Waals surface area contributed by atoms with Crippen LogP contribution in [-0.4, -0.2) is 53.9 Å². The Bertz CT molecular complexity index is 645. The third kappa shape index (κ3) is 11.5. The predicted molar refractivity (Wildman–Crippen MR) is 111 cm³/mol. The minimum Gasteiger partial charge on any atom is -0.427 e. The van der Waals surface area contributed by atoms with E-state index < -0.39 is 18.9 Å². The summed E-state index contributed by atoms with van der Waals surface area (Å²) < 4.78 is 37.8. The van der Waals surface area contributed by atoms with Gasteiger partial charge in [0.15, 0.2) is 0 Å². The number of aryl methyl sites for hydroxylation is 1. The SMILES string of the molecule is NC(CCCCB(O)O)C1CCN(CCCc2ccc(C(F)(F)F)cc2)CC1.O=C=O. The normalized spacial score (nSPS) is 16.2. The number of carbonyl (C=O) groups excluding carboxylic acids is 2. The molecule has 0 aliphatic carbocycles. The minimum atomic E-state index is -4.27. The van der Waals surface area contributed by atoms with Crippen molar-refractivity contribution in [3.63, 3.8) is 0 Å². The van der Waals surface area contributed by atoms with Crippen LogP contribution < -0.4 is 5.73 Å². The molecule has 6 nitrogen and oxygen atoms in total. The van der Waals surface area contributed by atoms with Gasteiger partial charge >= 0.3 is 19.4 Å². The van der Waals surface area contributed by atoms with Crippen molar-refractivity contribution in [1.82, 2.24) is 4.90 Å². The van der Waals surface area contributed by atoms with Crippen LogP contribution >= 0.6 is 0 Å². The van der Waals surface area contributed by atoms with Crippen molar-refractivity contribution in [3.8, 4) is 0 Å². The van der Waals surface area contributed by atoms with E-state index in [1.807, 2.05) is 0 Å². The first-order chi connectivity index (χ1) is 14.7. The standard InChI is InChI=1S/C20H32BF3N2O2.CO2/c22-20(23,24)18-8-6-16(7-9-18)4-3-13-26-14-10-17(11-15-26)19(25)5-1-2-12-21(27)28;2-1-3/h6-9,17,19,27-28H,1-5,10-15,25H2;. The Morgan fingerprint density at radius 2 is 1.68 bits per heavy atom. The Labute approximate surface area is 181 Å². The monoisotopic (exact) mass is 444 g/mol. The van der Waals surface area contributed by atoms with Gasteiger partial charge in [0.05, 0.1) is 5.56 Å². The maximum Gasteiger partial charge on any atom is 0.451 e. The van der Waals surface area contributed by atoms with Crippen LogP contribution in [0.15, 0.2) is 24.3 Å². The highest BCUT2D eigenvalue weighted by Gasteiger charge is 2.30. The summed E-state index contributed by atoms with van der Waals surface area (Å²) in [5, 5.41) is 17.7. The fraction of sp³-hybridized carbons (Fsp3) is 0.667. The number of nitrogens with two attached hydrogens (primary N) is 1. The summed E-state index contributed by atoms with van der Waals surface area (Å²) in [5.41, 5.74) is 6.65. The number of hydrogen-bond acceptors (Lipinski definition) is 6. The van der Waals surface area contributed by atoms with E-state index in [2.05, 4.69) is 4.90 Å². The Morgan fingerprint density at radius 1 is 1.10 bits per heavy atom. The molecule has 1 aromatic rings. The second kappa shape index (κ2) is 14.4. The third-order valence-electron chi connectivity index (χ3n) is 5.71. The van der Waals surface area contributed by atoms with Gasteiger partial charge in [0.25, 0.3) is 0 Å². The molecule has 0 amide bonds. The highest BCUT2D eigenvalue weighted by molar-refractivity contribution is 6.40.